The molecule has 3 aromatic rings. The summed E-state index contributed by atoms with van der Waals surface area (Å²) in [5, 5.41) is 12.1. The van der Waals surface area contributed by atoms with Crippen LogP contribution in [0.1, 0.15) is 36.5 Å². The maximum Gasteiger partial charge on any atom is 0.408 e. The predicted octanol–water partition coefficient (Wildman–Crippen LogP) is 3.70. The largest absolute Gasteiger partial charge is 0.408 e. The van der Waals surface area contributed by atoms with Crippen LogP contribution < -0.4 is 15.6 Å². The molecule has 2 atom stereocenters. The summed E-state index contributed by atoms with van der Waals surface area (Å²) in [4.78, 5) is 32.4. The Labute approximate surface area is 207 Å². The number of carbonyl (C=O) groups is 1. The maximum atomic E-state index is 14.8. The number of halogens is 5. The summed E-state index contributed by atoms with van der Waals surface area (Å²) in [7, 11) is 0. The van der Waals surface area contributed by atoms with Gasteiger partial charge in [0.15, 0.2) is 5.65 Å². The van der Waals surface area contributed by atoms with Crippen LogP contribution in [0.2, 0.25) is 0 Å². The Morgan fingerprint density at radius 2 is 1.97 bits per heavy atom. The van der Waals surface area contributed by atoms with E-state index in [0.29, 0.717) is 25.0 Å². The number of aromatic nitrogens is 2. The smallest absolute Gasteiger partial charge is 0.391 e. The Morgan fingerprint density at radius 3 is 2.57 bits per heavy atom. The normalized spacial score (nSPS) is 19.4. The molecule has 1 aromatic carbocycles. The summed E-state index contributed by atoms with van der Waals surface area (Å²) in [6, 6.07) is 3.33. The summed E-state index contributed by atoms with van der Waals surface area (Å²) in [5.41, 5.74) is -2.06. The van der Waals surface area contributed by atoms with Crippen molar-refractivity contribution in [2.45, 2.75) is 44.5 Å². The highest BCUT2D eigenvalue weighted by Crippen LogP contribution is 2.53. The number of anilines is 1. The van der Waals surface area contributed by atoms with Crippen LogP contribution >= 0.6 is 0 Å². The van der Waals surface area contributed by atoms with Crippen LogP contribution in [0, 0.1) is 17.0 Å². The van der Waals surface area contributed by atoms with Crippen molar-refractivity contribution in [1.82, 2.24) is 14.9 Å². The van der Waals surface area contributed by atoms with Crippen molar-refractivity contribution < 1.29 is 31.9 Å². The highest BCUT2D eigenvalue weighted by atomic mass is 19.4. The first kappa shape index (κ1) is 25.1. The van der Waals surface area contributed by atoms with Gasteiger partial charge in [0.2, 0.25) is 5.43 Å². The zero-order valence-electron chi connectivity index (χ0n) is 19.6. The molecule has 0 bridgehead atoms. The maximum absolute atomic E-state index is 14.8. The van der Waals surface area contributed by atoms with Crippen LogP contribution in [0.5, 0.6) is 0 Å². The first-order chi connectivity index (χ1) is 17.4. The lowest BCUT2D eigenvalue weighted by atomic mass is 10.0. The number of benzene rings is 1. The molecular weight excluding hydrogens is 499 g/mol. The summed E-state index contributed by atoms with van der Waals surface area (Å²) in [6.07, 6.45) is -3.08. The van der Waals surface area contributed by atoms with Gasteiger partial charge < -0.3 is 15.3 Å². The van der Waals surface area contributed by atoms with Gasteiger partial charge in [0.1, 0.15) is 29.1 Å². The average molecular weight is 522 g/mol. The third-order valence-electron chi connectivity index (χ3n) is 7.18. The summed E-state index contributed by atoms with van der Waals surface area (Å²) < 4.78 is 69.2. The summed E-state index contributed by atoms with van der Waals surface area (Å²) in [6.45, 7) is 2.08. The number of carbonyl (C=O) groups excluding carboxylic acids is 1. The predicted molar refractivity (Wildman–Crippen MR) is 125 cm³/mol. The molecule has 1 saturated carbocycles. The highest BCUT2D eigenvalue weighted by Gasteiger charge is 2.54. The number of amides is 1. The molecule has 196 valence electrons. The number of aliphatic hydroxyl groups is 1. The van der Waals surface area contributed by atoms with E-state index in [-0.39, 0.29) is 22.1 Å². The molecule has 1 amide bonds. The zero-order valence-corrected chi connectivity index (χ0v) is 19.6. The lowest BCUT2D eigenvalue weighted by molar-refractivity contribution is -0.153. The van der Waals surface area contributed by atoms with E-state index in [1.165, 1.54) is 19.1 Å². The summed E-state index contributed by atoms with van der Waals surface area (Å²) >= 11 is 0. The van der Waals surface area contributed by atoms with Crippen molar-refractivity contribution in [2.75, 3.05) is 18.0 Å². The van der Waals surface area contributed by atoms with Crippen LogP contribution in [-0.2, 0) is 0 Å². The van der Waals surface area contributed by atoms with E-state index < -0.39 is 53.3 Å². The number of β-amino-alcohol motifs (C(OH)–C–C–N with tert-alkyl or cyclic N) is 1. The van der Waals surface area contributed by atoms with Gasteiger partial charge in [-0.15, -0.1) is 0 Å². The lowest BCUT2D eigenvalue weighted by Crippen LogP contribution is -2.46. The van der Waals surface area contributed by atoms with Crippen molar-refractivity contribution in [1.29, 1.82) is 0 Å². The molecular formula is C25H23F5N4O3. The van der Waals surface area contributed by atoms with Crippen LogP contribution in [0.3, 0.4) is 0 Å². The molecule has 12 heteroatoms. The number of hydrogen-bond acceptors (Lipinski definition) is 5. The van der Waals surface area contributed by atoms with Gasteiger partial charge in [0.05, 0.1) is 17.2 Å². The van der Waals surface area contributed by atoms with Crippen LogP contribution in [0.15, 0.2) is 41.3 Å². The molecule has 5 rings (SSSR count). The number of hydrogen-bond donors (Lipinski definition) is 2. The van der Waals surface area contributed by atoms with Gasteiger partial charge in [-0.1, -0.05) is 6.92 Å². The molecule has 1 aliphatic heterocycles. The Morgan fingerprint density at radius 1 is 1.24 bits per heavy atom. The van der Waals surface area contributed by atoms with Gasteiger partial charge in [0, 0.05) is 30.8 Å². The number of rotatable bonds is 5. The first-order valence-corrected chi connectivity index (χ1v) is 11.8. The third kappa shape index (κ3) is 4.43. The molecule has 2 N–H and O–H groups in total. The highest BCUT2D eigenvalue weighted by molar-refractivity contribution is 5.97. The van der Waals surface area contributed by atoms with Gasteiger partial charge in [-0.2, -0.15) is 13.2 Å². The van der Waals surface area contributed by atoms with Gasteiger partial charge in [-0.05, 0) is 43.5 Å². The number of nitrogens with one attached hydrogen (secondary N) is 1. The standard InChI is InChI=1S/C25H23F5N4O3/c1-2-18(25(28,29)30)31-23(37)15-10-34(17-5-3-13(26)9-16(17)27)22-14(21(15)36)4-6-20(32-22)33-11-19(35)24(12-33)7-8-24/h3-6,9-10,18-19,35H,2,7-8,11-12H2,1H3,(H,31,37)/t18-,19?/m1/s1. The van der Waals surface area contributed by atoms with Crippen LogP contribution in [-0.4, -0.2) is 52.0 Å². The fraction of sp³-hybridized carbons (Fsp3) is 0.400. The van der Waals surface area contributed by atoms with Crippen molar-refractivity contribution in [2.24, 2.45) is 5.41 Å². The third-order valence-corrected chi connectivity index (χ3v) is 7.18. The van der Waals surface area contributed by atoms with Crippen molar-refractivity contribution >= 4 is 22.8 Å². The van der Waals surface area contributed by atoms with Gasteiger partial charge in [-0.3, -0.25) is 14.2 Å². The molecule has 2 aliphatic rings. The van der Waals surface area contributed by atoms with Crippen molar-refractivity contribution in [3.05, 3.63) is 63.9 Å². The second-order valence-electron chi connectivity index (χ2n) is 9.61. The molecule has 3 heterocycles. The SMILES string of the molecule is CC[C@@H](NC(=O)c1cn(-c2ccc(F)cc2F)c2nc(N3CC(O)C4(CC4)C3)ccc2c1=O)C(F)(F)F. The van der Waals surface area contributed by atoms with Crippen molar-refractivity contribution in [3.8, 4) is 5.69 Å². The lowest BCUT2D eigenvalue weighted by Gasteiger charge is -2.21. The molecule has 37 heavy (non-hydrogen) atoms. The van der Waals surface area contributed by atoms with Gasteiger partial charge in [-0.25, -0.2) is 13.8 Å². The monoisotopic (exact) mass is 522 g/mol. The number of aliphatic hydroxyl groups excluding tert-OH is 1. The number of nitrogens with zero attached hydrogens (tertiary/aromatic N) is 3. The molecule has 1 saturated heterocycles. The fourth-order valence-electron chi connectivity index (χ4n) is 4.82. The van der Waals surface area contributed by atoms with E-state index in [2.05, 4.69) is 4.98 Å². The molecule has 2 fully saturated rings. The Balaban J connectivity index is 1.65. The zero-order chi connectivity index (χ0) is 26.7. The minimum Gasteiger partial charge on any atom is -0.391 e. The average Bonchev–Trinajstić information content (AvgIpc) is 3.55. The number of pyridine rings is 2. The topological polar surface area (TPSA) is 87.5 Å². The Hall–Kier alpha value is -3.54. The van der Waals surface area contributed by atoms with Crippen LogP contribution in [0.25, 0.3) is 16.7 Å². The van der Waals surface area contributed by atoms with E-state index in [9.17, 15) is 36.6 Å². The minimum atomic E-state index is -4.74. The first-order valence-electron chi connectivity index (χ1n) is 11.8. The fourth-order valence-corrected chi connectivity index (χ4v) is 4.82. The number of fused-ring (bicyclic) bond motifs is 1. The van der Waals surface area contributed by atoms with E-state index in [1.807, 2.05) is 10.2 Å². The minimum absolute atomic E-state index is 0.0707. The molecule has 0 radical (unpaired) electrons. The molecule has 1 unspecified atom stereocenters. The number of alkyl halides is 3. The second kappa shape index (κ2) is 8.79. The Kier molecular flexibility index (Phi) is 5.97. The van der Waals surface area contributed by atoms with Crippen LogP contribution in [0.4, 0.5) is 27.8 Å². The van der Waals surface area contributed by atoms with Crippen molar-refractivity contribution in [3.63, 3.8) is 0 Å². The quantitative estimate of drug-likeness (QED) is 0.500. The van der Waals surface area contributed by atoms with E-state index in [1.54, 1.807) is 0 Å². The Bertz CT molecular complexity index is 1450. The van der Waals surface area contributed by atoms with E-state index >= 15 is 0 Å². The molecule has 2 aromatic heterocycles. The molecule has 1 spiro atoms. The van der Waals surface area contributed by atoms with Gasteiger partial charge in [0.25, 0.3) is 5.91 Å². The second-order valence-corrected chi connectivity index (χ2v) is 9.61. The van der Waals surface area contributed by atoms with Gasteiger partial charge >= 0.3 is 6.18 Å². The molecule has 7 nitrogen and oxygen atoms in total. The summed E-state index contributed by atoms with van der Waals surface area (Å²) in [5.74, 6) is -2.78. The van der Waals surface area contributed by atoms with E-state index in [0.717, 1.165) is 35.7 Å². The van der Waals surface area contributed by atoms with E-state index in [4.69, 9.17) is 0 Å². The molecule has 1 aliphatic carbocycles.